The van der Waals surface area contributed by atoms with E-state index in [2.05, 4.69) is 15.8 Å². The Labute approximate surface area is 218 Å². The number of hydrogen-bond acceptors (Lipinski definition) is 7. The van der Waals surface area contributed by atoms with Crippen LogP contribution in [0.25, 0.3) is 0 Å². The number of halogens is 2. The molecule has 0 bridgehead atoms. The van der Waals surface area contributed by atoms with Crippen molar-refractivity contribution in [2.45, 2.75) is 13.5 Å². The zero-order valence-electron chi connectivity index (χ0n) is 20.6. The van der Waals surface area contributed by atoms with E-state index in [1.807, 2.05) is 0 Å². The molecule has 0 saturated carbocycles. The highest BCUT2D eigenvalue weighted by Crippen LogP contribution is 2.31. The Bertz CT molecular complexity index is 1310. The van der Waals surface area contributed by atoms with E-state index in [0.29, 0.717) is 34.3 Å². The van der Waals surface area contributed by atoms with Crippen molar-refractivity contribution >= 4 is 34.8 Å². The number of hydrazone groups is 1. The molecule has 0 atom stereocenters. The minimum Gasteiger partial charge on any atom is -0.497 e. The van der Waals surface area contributed by atoms with Gasteiger partial charge < -0.3 is 24.3 Å². The van der Waals surface area contributed by atoms with E-state index in [0.717, 1.165) is 0 Å². The monoisotopic (exact) mass is 529 g/mol. The molecule has 0 aliphatic rings. The number of methoxy groups -OCH3 is 3. The second-order valence-electron chi connectivity index (χ2n) is 7.51. The van der Waals surface area contributed by atoms with Crippen LogP contribution < -0.4 is 29.7 Å². The summed E-state index contributed by atoms with van der Waals surface area (Å²) in [5.41, 5.74) is 3.68. The van der Waals surface area contributed by atoms with Crippen LogP contribution in [0.5, 0.6) is 23.0 Å². The summed E-state index contributed by atoms with van der Waals surface area (Å²) in [6.07, 6.45) is 0. The quantitative estimate of drug-likeness (QED) is 0.239. The Hall–Kier alpha value is -4.31. The molecule has 2 N–H and O–H groups in total. The Morgan fingerprint density at radius 3 is 2.32 bits per heavy atom. The third-order valence-corrected chi connectivity index (χ3v) is 5.56. The summed E-state index contributed by atoms with van der Waals surface area (Å²) in [6.45, 7) is 1.54. The molecule has 9 nitrogen and oxygen atoms in total. The first-order valence-electron chi connectivity index (χ1n) is 10.9. The fraction of sp³-hybridized carbons (Fsp3) is 0.192. The third-order valence-electron chi connectivity index (χ3n) is 5.20. The highest BCUT2D eigenvalue weighted by atomic mass is 35.5. The average Bonchev–Trinajstić information content (AvgIpc) is 2.91. The summed E-state index contributed by atoms with van der Waals surface area (Å²) in [4.78, 5) is 24.7. The smallest absolute Gasteiger partial charge is 0.329 e. The molecule has 0 heterocycles. The Morgan fingerprint density at radius 2 is 1.65 bits per heavy atom. The maximum Gasteiger partial charge on any atom is 0.329 e. The molecule has 3 rings (SSSR count). The fourth-order valence-electron chi connectivity index (χ4n) is 3.17. The van der Waals surface area contributed by atoms with Gasteiger partial charge in [0.2, 0.25) is 0 Å². The third kappa shape index (κ3) is 6.89. The maximum atomic E-state index is 14.0. The van der Waals surface area contributed by atoms with E-state index in [-0.39, 0.29) is 22.9 Å². The minimum atomic E-state index is -0.988. The van der Waals surface area contributed by atoms with Gasteiger partial charge in [0.1, 0.15) is 23.9 Å². The number of benzene rings is 3. The SMILES string of the molecule is COc1ccc(OC)c(NC(=O)C(=O)N/N=C(\C)c2ccc(OCc3c(F)cccc3Cl)c(OC)c2)c1. The minimum absolute atomic E-state index is 0.0997. The number of carbonyl (C=O) groups excluding carboxylic acids is 2. The Morgan fingerprint density at radius 1 is 0.919 bits per heavy atom. The lowest BCUT2D eigenvalue weighted by Crippen LogP contribution is -2.33. The Kier molecular flexibility index (Phi) is 9.28. The van der Waals surface area contributed by atoms with Crippen LogP contribution in [-0.2, 0) is 16.2 Å². The van der Waals surface area contributed by atoms with E-state index >= 15 is 0 Å². The molecule has 2 amide bonds. The van der Waals surface area contributed by atoms with E-state index in [4.69, 9.17) is 30.5 Å². The van der Waals surface area contributed by atoms with Gasteiger partial charge in [0.15, 0.2) is 11.5 Å². The number of anilines is 1. The lowest BCUT2D eigenvalue weighted by molar-refractivity contribution is -0.136. The van der Waals surface area contributed by atoms with Gasteiger partial charge in [-0.25, -0.2) is 9.82 Å². The number of hydrogen-bond donors (Lipinski definition) is 2. The second kappa shape index (κ2) is 12.6. The number of carbonyl (C=O) groups is 2. The van der Waals surface area contributed by atoms with E-state index in [9.17, 15) is 14.0 Å². The van der Waals surface area contributed by atoms with Crippen LogP contribution in [0, 0.1) is 5.82 Å². The number of amides is 2. The summed E-state index contributed by atoms with van der Waals surface area (Å²) in [5.74, 6) is -0.871. The summed E-state index contributed by atoms with van der Waals surface area (Å²) in [6, 6.07) is 14.1. The fourth-order valence-corrected chi connectivity index (χ4v) is 3.39. The molecule has 194 valence electrons. The molecule has 0 spiro atoms. The van der Waals surface area contributed by atoms with Crippen LogP contribution in [0.2, 0.25) is 5.02 Å². The first kappa shape index (κ1) is 27.3. The number of rotatable bonds is 9. The molecule has 0 unspecified atom stereocenters. The molecule has 0 radical (unpaired) electrons. The van der Waals surface area contributed by atoms with Gasteiger partial charge in [-0.3, -0.25) is 9.59 Å². The zero-order valence-corrected chi connectivity index (χ0v) is 21.3. The predicted molar refractivity (Wildman–Crippen MR) is 137 cm³/mol. The van der Waals surface area contributed by atoms with Crippen LogP contribution >= 0.6 is 11.6 Å². The van der Waals surface area contributed by atoms with Crippen molar-refractivity contribution in [1.29, 1.82) is 0 Å². The summed E-state index contributed by atoms with van der Waals surface area (Å²) in [5, 5.41) is 6.71. The molecule has 37 heavy (non-hydrogen) atoms. The van der Waals surface area contributed by atoms with Gasteiger partial charge in [0.25, 0.3) is 0 Å². The molecular weight excluding hydrogens is 505 g/mol. The molecule has 3 aromatic rings. The molecule has 0 aliphatic heterocycles. The first-order chi connectivity index (χ1) is 17.8. The van der Waals surface area contributed by atoms with Crippen LogP contribution in [0.3, 0.4) is 0 Å². The van der Waals surface area contributed by atoms with Gasteiger partial charge in [-0.1, -0.05) is 17.7 Å². The molecule has 3 aromatic carbocycles. The van der Waals surface area contributed by atoms with E-state index < -0.39 is 17.6 Å². The molecule has 0 aromatic heterocycles. The van der Waals surface area contributed by atoms with Gasteiger partial charge in [0, 0.05) is 17.2 Å². The summed E-state index contributed by atoms with van der Waals surface area (Å²) >= 11 is 6.05. The summed E-state index contributed by atoms with van der Waals surface area (Å²) < 4.78 is 35.4. The first-order valence-corrected chi connectivity index (χ1v) is 11.3. The molecule has 0 saturated heterocycles. The molecular formula is C26H25ClFN3O6. The standard InChI is InChI=1S/C26H25ClFN3O6/c1-15(30-31-26(33)25(32)29-21-13-17(34-2)9-11-22(21)35-3)16-8-10-23(24(12-16)36-4)37-14-18-19(27)6-5-7-20(18)28/h5-13H,14H2,1-4H3,(H,29,32)(H,31,33)/b30-15+. The Balaban J connectivity index is 1.67. The van der Waals surface area contributed by atoms with Gasteiger partial charge in [-0.05, 0) is 49.4 Å². The van der Waals surface area contributed by atoms with Crippen molar-refractivity contribution in [3.8, 4) is 23.0 Å². The molecule has 11 heteroatoms. The molecule has 0 aliphatic carbocycles. The maximum absolute atomic E-state index is 14.0. The highest BCUT2D eigenvalue weighted by Gasteiger charge is 2.17. The van der Waals surface area contributed by atoms with E-state index in [1.54, 1.807) is 43.3 Å². The predicted octanol–water partition coefficient (Wildman–Crippen LogP) is 4.56. The van der Waals surface area contributed by atoms with Gasteiger partial charge in [-0.15, -0.1) is 0 Å². The van der Waals surface area contributed by atoms with Crippen molar-refractivity contribution in [3.63, 3.8) is 0 Å². The number of nitrogens with one attached hydrogen (secondary N) is 2. The van der Waals surface area contributed by atoms with Gasteiger partial charge in [-0.2, -0.15) is 5.10 Å². The highest BCUT2D eigenvalue weighted by molar-refractivity contribution is 6.39. The van der Waals surface area contributed by atoms with Gasteiger partial charge >= 0.3 is 11.8 Å². The second-order valence-corrected chi connectivity index (χ2v) is 7.92. The topological polar surface area (TPSA) is 107 Å². The van der Waals surface area contributed by atoms with Crippen molar-refractivity contribution in [3.05, 3.63) is 76.6 Å². The normalized spacial score (nSPS) is 10.9. The zero-order chi connectivity index (χ0) is 26.9. The lowest BCUT2D eigenvalue weighted by atomic mass is 10.1. The van der Waals surface area contributed by atoms with E-state index in [1.165, 1.54) is 39.5 Å². The molecule has 0 fully saturated rings. The van der Waals surface area contributed by atoms with Crippen LogP contribution in [0.15, 0.2) is 59.7 Å². The average molecular weight is 530 g/mol. The lowest BCUT2D eigenvalue weighted by Gasteiger charge is -2.13. The van der Waals surface area contributed by atoms with Crippen LogP contribution in [0.1, 0.15) is 18.1 Å². The van der Waals surface area contributed by atoms with Gasteiger partial charge in [0.05, 0.1) is 37.8 Å². The summed E-state index contributed by atoms with van der Waals surface area (Å²) in [7, 11) is 4.36. The van der Waals surface area contributed by atoms with Crippen molar-refractivity contribution in [1.82, 2.24) is 5.43 Å². The van der Waals surface area contributed by atoms with Crippen molar-refractivity contribution in [2.24, 2.45) is 5.10 Å². The number of ether oxygens (including phenoxy) is 4. The van der Waals surface area contributed by atoms with Crippen molar-refractivity contribution < 1.29 is 32.9 Å². The largest absolute Gasteiger partial charge is 0.497 e. The number of nitrogens with zero attached hydrogens (tertiary/aromatic N) is 1. The van der Waals surface area contributed by atoms with Crippen LogP contribution in [0.4, 0.5) is 10.1 Å². The van der Waals surface area contributed by atoms with Crippen molar-refractivity contribution in [2.75, 3.05) is 26.6 Å². The van der Waals surface area contributed by atoms with Crippen LogP contribution in [-0.4, -0.2) is 38.9 Å².